The van der Waals surface area contributed by atoms with Gasteiger partial charge in [0.2, 0.25) is 11.7 Å². The minimum absolute atomic E-state index is 0.0399. The van der Waals surface area contributed by atoms with Crippen LogP contribution < -0.4 is 4.74 Å². The monoisotopic (exact) mass is 399 g/mol. The van der Waals surface area contributed by atoms with Crippen molar-refractivity contribution in [3.05, 3.63) is 85.5 Å². The van der Waals surface area contributed by atoms with Crippen LogP contribution in [0, 0.1) is 24.0 Å². The van der Waals surface area contributed by atoms with Crippen LogP contribution in [0.3, 0.4) is 0 Å². The van der Waals surface area contributed by atoms with Gasteiger partial charge in [-0.3, -0.25) is 14.9 Å². The highest BCUT2D eigenvalue weighted by Gasteiger charge is 2.29. The average molecular weight is 400 g/mol. The molecule has 0 aliphatic rings. The zero-order valence-corrected chi connectivity index (χ0v) is 16.4. The van der Waals surface area contributed by atoms with Crippen LogP contribution in [0.15, 0.2) is 42.6 Å². The Bertz CT molecular complexity index is 1060. The second-order valence-corrected chi connectivity index (χ2v) is 6.75. The van der Waals surface area contributed by atoms with Gasteiger partial charge < -0.3 is 4.74 Å². The number of nitro benzene ring substituents is 1. The summed E-state index contributed by atoms with van der Waals surface area (Å²) in [6, 6.07) is 10.9. The van der Waals surface area contributed by atoms with E-state index in [-0.39, 0.29) is 39.9 Å². The molecule has 0 amide bonds. The molecule has 0 saturated heterocycles. The standard InChI is InChI=1S/C20H18ClN3O4/c1-12-9-15(18(24(26)27)13(2)17(12)21)19(25)16-10-22-23(3)20(16)28-11-14-7-5-4-6-8-14/h4-10H,11H2,1-3H3. The van der Waals surface area contributed by atoms with Crippen LogP contribution in [0.2, 0.25) is 5.02 Å². The fourth-order valence-corrected chi connectivity index (χ4v) is 3.13. The molecule has 2 aromatic carbocycles. The first-order valence-electron chi connectivity index (χ1n) is 8.48. The lowest BCUT2D eigenvalue weighted by Gasteiger charge is -2.11. The summed E-state index contributed by atoms with van der Waals surface area (Å²) in [6.07, 6.45) is 1.35. The molecule has 0 unspecified atom stereocenters. The van der Waals surface area contributed by atoms with Gasteiger partial charge >= 0.3 is 0 Å². The van der Waals surface area contributed by atoms with Crippen molar-refractivity contribution in [2.45, 2.75) is 20.5 Å². The number of aryl methyl sites for hydroxylation is 2. The van der Waals surface area contributed by atoms with Gasteiger partial charge in [0.05, 0.1) is 16.1 Å². The fraction of sp³-hybridized carbons (Fsp3) is 0.200. The minimum Gasteiger partial charge on any atom is -0.472 e. The molecule has 1 heterocycles. The lowest BCUT2D eigenvalue weighted by molar-refractivity contribution is -0.385. The van der Waals surface area contributed by atoms with Crippen LogP contribution in [0.25, 0.3) is 0 Å². The number of nitro groups is 1. The summed E-state index contributed by atoms with van der Waals surface area (Å²) >= 11 is 6.15. The molecule has 144 valence electrons. The third-order valence-electron chi connectivity index (χ3n) is 4.42. The second-order valence-electron chi connectivity index (χ2n) is 6.38. The van der Waals surface area contributed by atoms with Crippen molar-refractivity contribution < 1.29 is 14.5 Å². The highest BCUT2D eigenvalue weighted by Crippen LogP contribution is 2.35. The first-order valence-corrected chi connectivity index (χ1v) is 8.86. The molecule has 0 saturated carbocycles. The third-order valence-corrected chi connectivity index (χ3v) is 5.00. The largest absolute Gasteiger partial charge is 0.472 e. The highest BCUT2D eigenvalue weighted by atomic mass is 35.5. The summed E-state index contributed by atoms with van der Waals surface area (Å²) in [4.78, 5) is 24.1. The summed E-state index contributed by atoms with van der Waals surface area (Å²) in [5.74, 6) is -0.292. The SMILES string of the molecule is Cc1cc(C(=O)c2cnn(C)c2OCc2ccccc2)c([N+](=O)[O-])c(C)c1Cl. The number of aromatic nitrogens is 2. The van der Waals surface area contributed by atoms with E-state index >= 15 is 0 Å². The van der Waals surface area contributed by atoms with Crippen molar-refractivity contribution in [1.29, 1.82) is 0 Å². The Balaban J connectivity index is 2.02. The first kappa shape index (κ1) is 19.6. The summed E-state index contributed by atoms with van der Waals surface area (Å²) in [7, 11) is 1.64. The Labute approximate surface area is 166 Å². The van der Waals surface area contributed by atoms with E-state index in [1.807, 2.05) is 30.3 Å². The molecule has 1 aromatic heterocycles. The number of hydrogen-bond donors (Lipinski definition) is 0. The fourth-order valence-electron chi connectivity index (χ4n) is 2.98. The zero-order chi connectivity index (χ0) is 20.4. The number of nitrogens with zero attached hydrogens (tertiary/aromatic N) is 3. The van der Waals surface area contributed by atoms with Gasteiger partial charge in [-0.05, 0) is 31.0 Å². The van der Waals surface area contributed by atoms with Gasteiger partial charge in [-0.1, -0.05) is 41.9 Å². The Kier molecular flexibility index (Phi) is 5.46. The van der Waals surface area contributed by atoms with Gasteiger partial charge in [0.25, 0.3) is 5.69 Å². The molecule has 0 atom stereocenters. The van der Waals surface area contributed by atoms with E-state index in [1.54, 1.807) is 14.0 Å². The molecule has 28 heavy (non-hydrogen) atoms. The summed E-state index contributed by atoms with van der Waals surface area (Å²) in [5, 5.41) is 15.9. The lowest BCUT2D eigenvalue weighted by Crippen LogP contribution is -2.10. The molecule has 0 aliphatic heterocycles. The Morgan fingerprint density at radius 2 is 1.93 bits per heavy atom. The van der Waals surface area contributed by atoms with Gasteiger partial charge in [0, 0.05) is 12.6 Å². The van der Waals surface area contributed by atoms with E-state index in [0.717, 1.165) is 5.56 Å². The van der Waals surface area contributed by atoms with E-state index < -0.39 is 10.7 Å². The Hall–Kier alpha value is -3.19. The molecule has 0 N–H and O–H groups in total. The Morgan fingerprint density at radius 1 is 1.25 bits per heavy atom. The van der Waals surface area contributed by atoms with Crippen molar-refractivity contribution in [1.82, 2.24) is 9.78 Å². The molecule has 8 heteroatoms. The summed E-state index contributed by atoms with van der Waals surface area (Å²) in [6.45, 7) is 3.47. The van der Waals surface area contributed by atoms with Crippen molar-refractivity contribution in [2.24, 2.45) is 7.05 Å². The maximum absolute atomic E-state index is 13.2. The quantitative estimate of drug-likeness (QED) is 0.348. The highest BCUT2D eigenvalue weighted by molar-refractivity contribution is 6.32. The minimum atomic E-state index is -0.589. The maximum Gasteiger partial charge on any atom is 0.284 e. The molecular weight excluding hydrogens is 382 g/mol. The number of rotatable bonds is 6. The molecule has 0 spiro atoms. The number of hydrogen-bond acceptors (Lipinski definition) is 5. The van der Waals surface area contributed by atoms with Crippen LogP contribution in [0.5, 0.6) is 5.88 Å². The summed E-state index contributed by atoms with van der Waals surface area (Å²) < 4.78 is 7.23. The van der Waals surface area contributed by atoms with Gasteiger partial charge in [0.15, 0.2) is 0 Å². The van der Waals surface area contributed by atoms with E-state index in [4.69, 9.17) is 16.3 Å². The van der Waals surface area contributed by atoms with Crippen molar-refractivity contribution in [2.75, 3.05) is 0 Å². The molecule has 3 rings (SSSR count). The number of carbonyl (C=O) groups excluding carboxylic acids is 1. The van der Waals surface area contributed by atoms with Crippen LogP contribution in [-0.2, 0) is 13.7 Å². The topological polar surface area (TPSA) is 87.3 Å². The van der Waals surface area contributed by atoms with Gasteiger partial charge in [-0.15, -0.1) is 0 Å². The predicted molar refractivity (Wildman–Crippen MR) is 105 cm³/mol. The van der Waals surface area contributed by atoms with Crippen LogP contribution in [0.4, 0.5) is 5.69 Å². The number of ether oxygens (including phenoxy) is 1. The molecular formula is C20H18ClN3O4. The number of benzene rings is 2. The van der Waals surface area contributed by atoms with Crippen LogP contribution >= 0.6 is 11.6 Å². The van der Waals surface area contributed by atoms with E-state index in [2.05, 4.69) is 5.10 Å². The molecule has 0 aliphatic carbocycles. The lowest BCUT2D eigenvalue weighted by atomic mass is 9.98. The molecule has 0 bridgehead atoms. The normalized spacial score (nSPS) is 10.7. The van der Waals surface area contributed by atoms with E-state index in [1.165, 1.54) is 23.9 Å². The van der Waals surface area contributed by atoms with Gasteiger partial charge in [-0.25, -0.2) is 4.68 Å². The predicted octanol–water partition coefficient (Wildman–Crippen LogP) is 4.41. The molecule has 0 radical (unpaired) electrons. The third kappa shape index (κ3) is 3.61. The van der Waals surface area contributed by atoms with Crippen molar-refractivity contribution >= 4 is 23.1 Å². The van der Waals surface area contributed by atoms with E-state index in [0.29, 0.717) is 5.56 Å². The summed E-state index contributed by atoms with van der Waals surface area (Å²) in [5.41, 5.74) is 1.57. The molecule has 7 nitrogen and oxygen atoms in total. The molecule has 3 aromatic rings. The van der Waals surface area contributed by atoms with Crippen LogP contribution in [0.1, 0.15) is 32.6 Å². The van der Waals surface area contributed by atoms with E-state index in [9.17, 15) is 14.9 Å². The maximum atomic E-state index is 13.2. The second kappa shape index (κ2) is 7.82. The Morgan fingerprint density at radius 3 is 2.57 bits per heavy atom. The van der Waals surface area contributed by atoms with Gasteiger partial charge in [0.1, 0.15) is 17.7 Å². The number of ketones is 1. The first-order chi connectivity index (χ1) is 13.3. The van der Waals surface area contributed by atoms with Crippen molar-refractivity contribution in [3.8, 4) is 5.88 Å². The average Bonchev–Trinajstić information content (AvgIpc) is 3.04. The smallest absolute Gasteiger partial charge is 0.284 e. The van der Waals surface area contributed by atoms with Crippen molar-refractivity contribution in [3.63, 3.8) is 0 Å². The number of carbonyl (C=O) groups is 1. The zero-order valence-electron chi connectivity index (χ0n) is 15.6. The van der Waals surface area contributed by atoms with Crippen LogP contribution in [-0.4, -0.2) is 20.5 Å². The number of halogens is 1. The van der Waals surface area contributed by atoms with Gasteiger partial charge in [-0.2, -0.15) is 5.10 Å². The molecule has 0 fully saturated rings.